The Hall–Kier alpha value is -2.91. The molecule has 1 aromatic heterocycles. The SMILES string of the molecule is Cc1cc(-c2cccc([N+](=O)[O-])c2)nc(NC(=O)CN2CCOCC2)n1. The molecule has 1 aromatic carbocycles. The van der Waals surface area contributed by atoms with Gasteiger partial charge < -0.3 is 4.74 Å². The lowest BCUT2D eigenvalue weighted by molar-refractivity contribution is -0.384. The van der Waals surface area contributed by atoms with Crippen LogP contribution in [0.1, 0.15) is 5.69 Å². The predicted molar refractivity (Wildman–Crippen MR) is 94.7 cm³/mol. The molecule has 0 radical (unpaired) electrons. The first-order valence-corrected chi connectivity index (χ1v) is 8.22. The second kappa shape index (κ2) is 7.98. The summed E-state index contributed by atoms with van der Waals surface area (Å²) in [5, 5.41) is 13.7. The molecule has 26 heavy (non-hydrogen) atoms. The Bertz CT molecular complexity index is 821. The normalized spacial score (nSPS) is 14.8. The molecule has 9 heteroatoms. The number of anilines is 1. The summed E-state index contributed by atoms with van der Waals surface area (Å²) in [7, 11) is 0. The summed E-state index contributed by atoms with van der Waals surface area (Å²) in [6.07, 6.45) is 0. The summed E-state index contributed by atoms with van der Waals surface area (Å²) in [5.41, 5.74) is 1.75. The fourth-order valence-corrected chi connectivity index (χ4v) is 2.68. The third-order valence-electron chi connectivity index (χ3n) is 3.93. The fourth-order valence-electron chi connectivity index (χ4n) is 2.68. The Morgan fingerprint density at radius 2 is 2.08 bits per heavy atom. The summed E-state index contributed by atoms with van der Waals surface area (Å²) in [6.45, 7) is 4.67. The predicted octanol–water partition coefficient (Wildman–Crippen LogP) is 1.63. The van der Waals surface area contributed by atoms with E-state index < -0.39 is 4.92 Å². The van der Waals surface area contributed by atoms with Crippen LogP contribution in [0.5, 0.6) is 0 Å². The zero-order valence-electron chi connectivity index (χ0n) is 14.3. The molecule has 1 aliphatic heterocycles. The van der Waals surface area contributed by atoms with Crippen LogP contribution in [0.15, 0.2) is 30.3 Å². The third kappa shape index (κ3) is 4.58. The van der Waals surface area contributed by atoms with Gasteiger partial charge in [0.2, 0.25) is 11.9 Å². The zero-order valence-corrected chi connectivity index (χ0v) is 14.3. The number of morpholine rings is 1. The van der Waals surface area contributed by atoms with Crippen molar-refractivity contribution in [3.63, 3.8) is 0 Å². The van der Waals surface area contributed by atoms with E-state index in [1.807, 2.05) is 4.90 Å². The van der Waals surface area contributed by atoms with Crippen LogP contribution in [0.4, 0.5) is 11.6 Å². The van der Waals surface area contributed by atoms with E-state index >= 15 is 0 Å². The van der Waals surface area contributed by atoms with Crippen molar-refractivity contribution in [2.45, 2.75) is 6.92 Å². The van der Waals surface area contributed by atoms with Gasteiger partial charge in [-0.15, -0.1) is 0 Å². The van der Waals surface area contributed by atoms with Crippen LogP contribution in [0.2, 0.25) is 0 Å². The molecule has 0 aliphatic carbocycles. The van der Waals surface area contributed by atoms with Crippen LogP contribution in [-0.2, 0) is 9.53 Å². The number of nitrogens with one attached hydrogen (secondary N) is 1. The van der Waals surface area contributed by atoms with Crippen molar-refractivity contribution in [3.05, 3.63) is 46.1 Å². The standard InChI is InChI=1S/C17H19N5O4/c1-12-9-15(13-3-2-4-14(10-13)22(24)25)19-17(18-12)20-16(23)11-21-5-7-26-8-6-21/h2-4,9-10H,5-8,11H2,1H3,(H,18,19,20,23). The van der Waals surface area contributed by atoms with Crippen molar-refractivity contribution < 1.29 is 14.5 Å². The molecule has 1 fully saturated rings. The Morgan fingerprint density at radius 3 is 2.81 bits per heavy atom. The van der Waals surface area contributed by atoms with E-state index in [2.05, 4.69) is 15.3 Å². The van der Waals surface area contributed by atoms with Crippen molar-refractivity contribution in [1.29, 1.82) is 0 Å². The monoisotopic (exact) mass is 357 g/mol. The molecule has 0 spiro atoms. The number of nitro groups is 1. The minimum atomic E-state index is -0.456. The van der Waals surface area contributed by atoms with E-state index in [0.29, 0.717) is 43.3 Å². The first-order chi connectivity index (χ1) is 12.5. The maximum atomic E-state index is 12.2. The number of hydrogen-bond acceptors (Lipinski definition) is 7. The first kappa shape index (κ1) is 17.9. The van der Waals surface area contributed by atoms with Crippen molar-refractivity contribution in [2.24, 2.45) is 0 Å². The minimum absolute atomic E-state index is 0.0170. The molecular weight excluding hydrogens is 338 g/mol. The Morgan fingerprint density at radius 1 is 1.31 bits per heavy atom. The summed E-state index contributed by atoms with van der Waals surface area (Å²) in [4.78, 5) is 33.3. The van der Waals surface area contributed by atoms with Gasteiger partial charge >= 0.3 is 0 Å². The highest BCUT2D eigenvalue weighted by Crippen LogP contribution is 2.23. The second-order valence-corrected chi connectivity index (χ2v) is 5.96. The van der Waals surface area contributed by atoms with E-state index in [-0.39, 0.29) is 24.1 Å². The van der Waals surface area contributed by atoms with Crippen LogP contribution >= 0.6 is 0 Å². The number of carbonyl (C=O) groups is 1. The largest absolute Gasteiger partial charge is 0.379 e. The summed E-state index contributed by atoms with van der Waals surface area (Å²) < 4.78 is 5.26. The lowest BCUT2D eigenvalue weighted by Gasteiger charge is -2.25. The highest BCUT2D eigenvalue weighted by Gasteiger charge is 2.16. The van der Waals surface area contributed by atoms with E-state index in [4.69, 9.17) is 4.74 Å². The molecule has 0 atom stereocenters. The molecule has 1 saturated heterocycles. The van der Waals surface area contributed by atoms with Gasteiger partial charge in [0.25, 0.3) is 5.69 Å². The second-order valence-electron chi connectivity index (χ2n) is 5.96. The molecule has 1 aliphatic rings. The summed E-state index contributed by atoms with van der Waals surface area (Å²) >= 11 is 0. The average Bonchev–Trinajstić information content (AvgIpc) is 2.62. The Labute approximate surface area is 150 Å². The van der Waals surface area contributed by atoms with E-state index in [1.54, 1.807) is 25.1 Å². The van der Waals surface area contributed by atoms with Gasteiger partial charge in [-0.1, -0.05) is 12.1 Å². The maximum Gasteiger partial charge on any atom is 0.270 e. The number of hydrogen-bond donors (Lipinski definition) is 1. The Kier molecular flexibility index (Phi) is 5.49. The molecule has 1 N–H and O–H groups in total. The molecular formula is C17H19N5O4. The van der Waals surface area contributed by atoms with Crippen LogP contribution < -0.4 is 5.32 Å². The van der Waals surface area contributed by atoms with Crippen LogP contribution in [-0.4, -0.2) is 58.5 Å². The maximum absolute atomic E-state index is 12.2. The molecule has 2 heterocycles. The van der Waals surface area contributed by atoms with E-state index in [1.165, 1.54) is 12.1 Å². The number of nitro benzene ring substituents is 1. The number of benzene rings is 1. The van der Waals surface area contributed by atoms with Gasteiger partial charge in [0.1, 0.15) is 0 Å². The molecule has 0 saturated carbocycles. The van der Waals surface area contributed by atoms with Crippen LogP contribution in [0.25, 0.3) is 11.3 Å². The third-order valence-corrected chi connectivity index (χ3v) is 3.93. The number of nitrogens with zero attached hydrogens (tertiary/aromatic N) is 4. The van der Waals surface area contributed by atoms with Crippen molar-refractivity contribution >= 4 is 17.5 Å². The highest BCUT2D eigenvalue weighted by molar-refractivity contribution is 5.90. The minimum Gasteiger partial charge on any atom is -0.379 e. The topological polar surface area (TPSA) is 110 Å². The van der Waals surface area contributed by atoms with Gasteiger partial charge in [0.05, 0.1) is 30.4 Å². The van der Waals surface area contributed by atoms with Gasteiger partial charge in [0.15, 0.2) is 0 Å². The molecule has 136 valence electrons. The number of non-ortho nitro benzene ring substituents is 1. The molecule has 0 bridgehead atoms. The van der Waals surface area contributed by atoms with Crippen LogP contribution in [0.3, 0.4) is 0 Å². The van der Waals surface area contributed by atoms with Gasteiger partial charge in [0, 0.05) is 36.5 Å². The lowest BCUT2D eigenvalue weighted by atomic mass is 10.1. The van der Waals surface area contributed by atoms with Crippen molar-refractivity contribution in [3.8, 4) is 11.3 Å². The molecule has 1 amide bonds. The number of carbonyl (C=O) groups excluding carboxylic acids is 1. The van der Waals surface area contributed by atoms with Crippen molar-refractivity contribution in [1.82, 2.24) is 14.9 Å². The first-order valence-electron chi connectivity index (χ1n) is 8.22. The number of aromatic nitrogens is 2. The van der Waals surface area contributed by atoms with Crippen LogP contribution in [0, 0.1) is 17.0 Å². The van der Waals surface area contributed by atoms with E-state index in [0.717, 1.165) is 0 Å². The summed E-state index contributed by atoms with van der Waals surface area (Å²) in [6, 6.07) is 7.91. The Balaban J connectivity index is 1.76. The number of aryl methyl sites for hydroxylation is 1. The molecule has 9 nitrogen and oxygen atoms in total. The molecule has 0 unspecified atom stereocenters. The zero-order chi connectivity index (χ0) is 18.5. The van der Waals surface area contributed by atoms with Gasteiger partial charge in [-0.2, -0.15) is 0 Å². The summed E-state index contributed by atoms with van der Waals surface area (Å²) in [5.74, 6) is -0.0211. The number of ether oxygens (including phenoxy) is 1. The smallest absolute Gasteiger partial charge is 0.270 e. The van der Waals surface area contributed by atoms with Gasteiger partial charge in [-0.05, 0) is 13.0 Å². The lowest BCUT2D eigenvalue weighted by Crippen LogP contribution is -2.41. The highest BCUT2D eigenvalue weighted by atomic mass is 16.6. The molecule has 2 aromatic rings. The fraction of sp³-hybridized carbons (Fsp3) is 0.353. The number of amides is 1. The van der Waals surface area contributed by atoms with Gasteiger partial charge in [-0.25, -0.2) is 9.97 Å². The quantitative estimate of drug-likeness (QED) is 0.639. The number of rotatable bonds is 5. The van der Waals surface area contributed by atoms with Gasteiger partial charge in [-0.3, -0.25) is 25.1 Å². The van der Waals surface area contributed by atoms with E-state index in [9.17, 15) is 14.9 Å². The average molecular weight is 357 g/mol. The van der Waals surface area contributed by atoms with Crippen molar-refractivity contribution in [2.75, 3.05) is 38.2 Å². The molecule has 3 rings (SSSR count).